The Balaban J connectivity index is 1.67. The summed E-state index contributed by atoms with van der Waals surface area (Å²) in [5.74, 6) is 2.28. The van der Waals surface area contributed by atoms with Crippen LogP contribution in [0.15, 0.2) is 36.5 Å². The Morgan fingerprint density at radius 1 is 1.21 bits per heavy atom. The van der Waals surface area contributed by atoms with E-state index in [1.807, 2.05) is 24.3 Å². The van der Waals surface area contributed by atoms with Gasteiger partial charge >= 0.3 is 0 Å². The van der Waals surface area contributed by atoms with Crippen molar-refractivity contribution >= 4 is 5.82 Å². The van der Waals surface area contributed by atoms with Crippen molar-refractivity contribution in [3.63, 3.8) is 0 Å². The third-order valence-electron chi connectivity index (χ3n) is 2.80. The number of nitriles is 1. The molecule has 0 radical (unpaired) electrons. The van der Waals surface area contributed by atoms with E-state index in [1.54, 1.807) is 18.3 Å². The van der Waals surface area contributed by atoms with Gasteiger partial charge in [0.25, 0.3) is 0 Å². The van der Waals surface area contributed by atoms with E-state index in [1.165, 1.54) is 0 Å². The maximum Gasteiger partial charge on any atom is 0.231 e. The second-order valence-corrected chi connectivity index (χ2v) is 4.09. The van der Waals surface area contributed by atoms with Gasteiger partial charge in [0.05, 0.1) is 5.56 Å². The molecule has 0 bridgehead atoms. The molecule has 5 nitrogen and oxygen atoms in total. The number of fused-ring (bicyclic) bond motifs is 1. The molecule has 0 unspecified atom stereocenters. The first-order chi connectivity index (χ1) is 9.35. The third kappa shape index (κ3) is 2.43. The minimum atomic E-state index is 0.281. The van der Waals surface area contributed by atoms with Crippen LogP contribution in [0.5, 0.6) is 11.5 Å². The van der Waals surface area contributed by atoms with Crippen molar-refractivity contribution < 1.29 is 9.47 Å². The maximum absolute atomic E-state index is 8.69. The lowest BCUT2D eigenvalue weighted by Gasteiger charge is -2.06. The topological polar surface area (TPSA) is 67.2 Å². The Morgan fingerprint density at radius 2 is 2.11 bits per heavy atom. The van der Waals surface area contributed by atoms with Gasteiger partial charge in [-0.3, -0.25) is 0 Å². The maximum atomic E-state index is 8.69. The van der Waals surface area contributed by atoms with Gasteiger partial charge in [-0.1, -0.05) is 6.07 Å². The van der Waals surface area contributed by atoms with Crippen LogP contribution in [-0.2, 0) is 6.54 Å². The number of hydrogen-bond acceptors (Lipinski definition) is 5. The summed E-state index contributed by atoms with van der Waals surface area (Å²) < 4.78 is 10.6. The zero-order chi connectivity index (χ0) is 13.1. The second-order valence-electron chi connectivity index (χ2n) is 4.09. The van der Waals surface area contributed by atoms with Crippen molar-refractivity contribution in [3.8, 4) is 17.6 Å². The van der Waals surface area contributed by atoms with Crippen molar-refractivity contribution in [3.05, 3.63) is 47.7 Å². The molecule has 1 aliphatic rings. The van der Waals surface area contributed by atoms with Crippen molar-refractivity contribution in [2.45, 2.75) is 6.54 Å². The second kappa shape index (κ2) is 4.86. The van der Waals surface area contributed by atoms with Gasteiger partial charge in [0.1, 0.15) is 11.9 Å². The normalized spacial score (nSPS) is 11.9. The van der Waals surface area contributed by atoms with Gasteiger partial charge in [-0.25, -0.2) is 4.98 Å². The Bertz CT molecular complexity index is 632. The van der Waals surface area contributed by atoms with Crippen LogP contribution in [0.25, 0.3) is 0 Å². The molecule has 0 amide bonds. The molecule has 0 atom stereocenters. The van der Waals surface area contributed by atoms with Gasteiger partial charge in [-0.15, -0.1) is 0 Å². The quantitative estimate of drug-likeness (QED) is 0.909. The van der Waals surface area contributed by atoms with E-state index in [0.717, 1.165) is 22.9 Å². The van der Waals surface area contributed by atoms with E-state index in [9.17, 15) is 0 Å². The molecule has 0 saturated heterocycles. The smallest absolute Gasteiger partial charge is 0.231 e. The number of benzene rings is 1. The lowest BCUT2D eigenvalue weighted by molar-refractivity contribution is 0.174. The van der Waals surface area contributed by atoms with Gasteiger partial charge in [-0.2, -0.15) is 5.26 Å². The third-order valence-corrected chi connectivity index (χ3v) is 2.80. The van der Waals surface area contributed by atoms with Crippen LogP contribution in [0.4, 0.5) is 5.82 Å². The molecule has 1 aromatic heterocycles. The van der Waals surface area contributed by atoms with Crippen molar-refractivity contribution in [2.75, 3.05) is 12.1 Å². The van der Waals surface area contributed by atoms with Crippen LogP contribution in [0.3, 0.4) is 0 Å². The molecule has 0 saturated carbocycles. The molecule has 1 N–H and O–H groups in total. The molecule has 0 fully saturated rings. The molecule has 0 aliphatic carbocycles. The highest BCUT2D eigenvalue weighted by atomic mass is 16.7. The molecule has 5 heteroatoms. The fourth-order valence-corrected chi connectivity index (χ4v) is 1.81. The molecule has 2 aromatic rings. The predicted octanol–water partition coefficient (Wildman–Crippen LogP) is 2.29. The van der Waals surface area contributed by atoms with Crippen LogP contribution >= 0.6 is 0 Å². The minimum Gasteiger partial charge on any atom is -0.454 e. The number of anilines is 1. The Hall–Kier alpha value is -2.74. The van der Waals surface area contributed by atoms with Gasteiger partial charge in [-0.05, 0) is 29.8 Å². The van der Waals surface area contributed by atoms with Gasteiger partial charge in [0.2, 0.25) is 6.79 Å². The molecule has 3 rings (SSSR count). The van der Waals surface area contributed by atoms with Crippen LogP contribution in [0, 0.1) is 11.3 Å². The summed E-state index contributed by atoms with van der Waals surface area (Å²) in [5.41, 5.74) is 1.63. The lowest BCUT2D eigenvalue weighted by atomic mass is 10.2. The monoisotopic (exact) mass is 253 g/mol. The number of aromatic nitrogens is 1. The molecule has 1 aromatic carbocycles. The first-order valence-corrected chi connectivity index (χ1v) is 5.84. The van der Waals surface area contributed by atoms with Crippen LogP contribution in [0.2, 0.25) is 0 Å². The SMILES string of the molecule is N#Cc1ccc(NCc2ccc3c(c2)OCO3)nc1. The van der Waals surface area contributed by atoms with Gasteiger partial charge < -0.3 is 14.8 Å². The lowest BCUT2D eigenvalue weighted by Crippen LogP contribution is -2.01. The molecular weight excluding hydrogens is 242 g/mol. The van der Waals surface area contributed by atoms with Crippen LogP contribution in [-0.4, -0.2) is 11.8 Å². The summed E-state index contributed by atoms with van der Waals surface area (Å²) in [6.45, 7) is 0.916. The van der Waals surface area contributed by atoms with Crippen molar-refractivity contribution in [1.82, 2.24) is 4.98 Å². The number of nitrogens with zero attached hydrogens (tertiary/aromatic N) is 2. The van der Waals surface area contributed by atoms with Gasteiger partial charge in [0, 0.05) is 12.7 Å². The largest absolute Gasteiger partial charge is 0.454 e. The van der Waals surface area contributed by atoms with Crippen LogP contribution in [0.1, 0.15) is 11.1 Å². The summed E-state index contributed by atoms with van der Waals surface area (Å²) in [6.07, 6.45) is 1.54. The average molecular weight is 253 g/mol. The number of nitrogens with one attached hydrogen (secondary N) is 1. The first kappa shape index (κ1) is 11.4. The number of rotatable bonds is 3. The molecule has 94 valence electrons. The summed E-state index contributed by atoms with van der Waals surface area (Å²) in [7, 11) is 0. The van der Waals surface area contributed by atoms with E-state index < -0.39 is 0 Å². The number of ether oxygens (including phenoxy) is 2. The molecular formula is C14H11N3O2. The Morgan fingerprint density at radius 3 is 2.89 bits per heavy atom. The van der Waals surface area contributed by atoms with Gasteiger partial charge in [0.15, 0.2) is 11.5 Å². The molecule has 2 heterocycles. The highest BCUT2D eigenvalue weighted by molar-refractivity contribution is 5.46. The fourth-order valence-electron chi connectivity index (χ4n) is 1.81. The number of hydrogen-bond donors (Lipinski definition) is 1. The Kier molecular flexibility index (Phi) is 2.91. The highest BCUT2D eigenvalue weighted by Gasteiger charge is 2.12. The fraction of sp³-hybridized carbons (Fsp3) is 0.143. The highest BCUT2D eigenvalue weighted by Crippen LogP contribution is 2.32. The molecule has 1 aliphatic heterocycles. The van der Waals surface area contributed by atoms with E-state index in [0.29, 0.717) is 12.1 Å². The van der Waals surface area contributed by atoms with Crippen molar-refractivity contribution in [2.24, 2.45) is 0 Å². The first-order valence-electron chi connectivity index (χ1n) is 5.84. The summed E-state index contributed by atoms with van der Waals surface area (Å²) in [5, 5.41) is 11.9. The van der Waals surface area contributed by atoms with E-state index in [-0.39, 0.29) is 6.79 Å². The zero-order valence-electron chi connectivity index (χ0n) is 10.1. The van der Waals surface area contributed by atoms with E-state index in [4.69, 9.17) is 14.7 Å². The standard InChI is InChI=1S/C14H11N3O2/c15-6-11-2-4-14(17-8-11)16-7-10-1-3-12-13(5-10)19-9-18-12/h1-5,8H,7,9H2,(H,16,17). The average Bonchev–Trinajstić information content (AvgIpc) is 2.93. The summed E-state index contributed by atoms with van der Waals surface area (Å²) in [6, 6.07) is 11.4. The number of pyridine rings is 1. The van der Waals surface area contributed by atoms with Crippen molar-refractivity contribution in [1.29, 1.82) is 5.26 Å². The molecule has 0 spiro atoms. The Labute approximate surface area is 110 Å². The van der Waals surface area contributed by atoms with E-state index >= 15 is 0 Å². The summed E-state index contributed by atoms with van der Waals surface area (Å²) in [4.78, 5) is 4.15. The summed E-state index contributed by atoms with van der Waals surface area (Å²) >= 11 is 0. The zero-order valence-corrected chi connectivity index (χ0v) is 10.1. The van der Waals surface area contributed by atoms with Crippen LogP contribution < -0.4 is 14.8 Å². The minimum absolute atomic E-state index is 0.281. The molecule has 19 heavy (non-hydrogen) atoms. The predicted molar refractivity (Wildman–Crippen MR) is 68.8 cm³/mol. The van der Waals surface area contributed by atoms with E-state index in [2.05, 4.69) is 10.3 Å².